The van der Waals surface area contributed by atoms with Gasteiger partial charge >= 0.3 is 13.8 Å². The van der Waals surface area contributed by atoms with Gasteiger partial charge in [0.15, 0.2) is 5.85 Å². The van der Waals surface area contributed by atoms with E-state index in [9.17, 15) is 32.3 Å². The van der Waals surface area contributed by atoms with E-state index in [1.165, 1.54) is 43.4 Å². The molecule has 0 bridgehead atoms. The van der Waals surface area contributed by atoms with Crippen molar-refractivity contribution in [3.05, 3.63) is 71.4 Å². The number of benzene rings is 2. The third-order valence-electron chi connectivity index (χ3n) is 4.83. The Morgan fingerprint density at radius 3 is 2.36 bits per heavy atom. The fourth-order valence-electron chi connectivity index (χ4n) is 3.20. The van der Waals surface area contributed by atoms with E-state index >= 15 is 0 Å². The van der Waals surface area contributed by atoms with Crippen molar-refractivity contribution in [3.63, 3.8) is 0 Å². The van der Waals surface area contributed by atoms with Crippen LogP contribution in [-0.4, -0.2) is 39.3 Å². The third kappa shape index (κ3) is 6.58. The molecule has 3 rings (SSSR count). The van der Waals surface area contributed by atoms with Crippen LogP contribution in [0.3, 0.4) is 0 Å². The number of alkyl halides is 3. The number of anilines is 4. The summed E-state index contributed by atoms with van der Waals surface area (Å²) in [4.78, 5) is 38.8. The number of carbonyl (C=O) groups is 1. The smallest absolute Gasteiger partial charge is 0.361 e. The minimum Gasteiger partial charge on any atom is -0.361 e. The summed E-state index contributed by atoms with van der Waals surface area (Å²) in [5, 5.41) is 7.74. The van der Waals surface area contributed by atoms with E-state index in [0.717, 1.165) is 0 Å². The van der Waals surface area contributed by atoms with E-state index in [0.29, 0.717) is 11.9 Å². The topological polar surface area (TPSA) is 146 Å². The van der Waals surface area contributed by atoms with Gasteiger partial charge < -0.3 is 30.5 Å². The van der Waals surface area contributed by atoms with Crippen LogP contribution in [0.4, 0.5) is 36.3 Å². The van der Waals surface area contributed by atoms with Crippen LogP contribution in [0, 0.1) is 0 Å². The maximum absolute atomic E-state index is 13.6. The number of hydrogen-bond acceptors (Lipinski definition) is 7. The zero-order valence-corrected chi connectivity index (χ0v) is 20.0. The number of rotatable bonds is 9. The first-order valence-corrected chi connectivity index (χ1v) is 12.2. The lowest BCUT2D eigenvalue weighted by Gasteiger charge is -2.19. The molecule has 0 radical (unpaired) electrons. The number of amides is 1. The summed E-state index contributed by atoms with van der Waals surface area (Å²) in [7, 11) is -3.18. The lowest BCUT2D eigenvalue weighted by Crippen LogP contribution is -2.20. The molecule has 1 heterocycles. The van der Waals surface area contributed by atoms with Crippen molar-refractivity contribution in [1.29, 1.82) is 0 Å². The monoisotopic (exact) mass is 525 g/mol. The molecule has 0 saturated heterocycles. The normalized spacial score (nSPS) is 12.6. The number of hydrogen-bond donors (Lipinski definition) is 5. The van der Waals surface area contributed by atoms with Crippen molar-refractivity contribution in [2.45, 2.75) is 18.9 Å². The number of ether oxygens (including phenoxy) is 1. The van der Waals surface area contributed by atoms with Gasteiger partial charge in [0.2, 0.25) is 5.95 Å². The Hall–Kier alpha value is -3.51. The van der Waals surface area contributed by atoms with Crippen molar-refractivity contribution in [2.75, 3.05) is 24.3 Å². The van der Waals surface area contributed by atoms with Crippen LogP contribution in [0.1, 0.15) is 34.3 Å². The van der Waals surface area contributed by atoms with Crippen molar-refractivity contribution >= 4 is 36.6 Å². The molecule has 5 N–H and O–H groups in total. The molecule has 14 heteroatoms. The largest absolute Gasteiger partial charge is 0.421 e. The third-order valence-corrected chi connectivity index (χ3v) is 5.89. The Labute approximate surface area is 204 Å². The number of nitrogens with one attached hydrogen (secondary N) is 3. The summed E-state index contributed by atoms with van der Waals surface area (Å²) in [5.41, 5.74) is -0.355. The van der Waals surface area contributed by atoms with Crippen molar-refractivity contribution in [3.8, 4) is 0 Å². The van der Waals surface area contributed by atoms with Crippen LogP contribution < -0.4 is 16.0 Å². The molecule has 0 aliphatic carbocycles. The summed E-state index contributed by atoms with van der Waals surface area (Å²) < 4.78 is 57.7. The quantitative estimate of drug-likeness (QED) is 0.254. The number of halogens is 3. The number of nitrogens with zero attached hydrogens (tertiary/aromatic N) is 2. The first-order valence-electron chi connectivity index (χ1n) is 10.5. The molecule has 192 valence electrons. The molecule has 0 spiro atoms. The molecule has 0 saturated carbocycles. The SMILES string of the molecule is CCOC(c1ccc(Nc2ncc(C(F)(F)F)c(Nc3ccccc3C(=O)NC)n2)cc1)P(=O)(O)O. The van der Waals surface area contributed by atoms with Gasteiger partial charge in [-0.1, -0.05) is 24.3 Å². The zero-order valence-electron chi connectivity index (χ0n) is 19.1. The van der Waals surface area contributed by atoms with Gasteiger partial charge in [-0.3, -0.25) is 9.36 Å². The Morgan fingerprint density at radius 2 is 1.78 bits per heavy atom. The van der Waals surface area contributed by atoms with E-state index in [4.69, 9.17) is 4.74 Å². The molecule has 0 fully saturated rings. The minimum absolute atomic E-state index is 0.0774. The Balaban J connectivity index is 1.92. The van der Waals surface area contributed by atoms with E-state index in [2.05, 4.69) is 25.9 Å². The number of para-hydroxylation sites is 1. The van der Waals surface area contributed by atoms with Gasteiger partial charge in [-0.25, -0.2) is 4.98 Å². The summed E-state index contributed by atoms with van der Waals surface area (Å²) in [6.45, 7) is 1.67. The molecule has 1 unspecified atom stereocenters. The first kappa shape index (κ1) is 27.1. The lowest BCUT2D eigenvalue weighted by atomic mass is 10.1. The van der Waals surface area contributed by atoms with Crippen molar-refractivity contribution in [1.82, 2.24) is 15.3 Å². The molecule has 10 nitrogen and oxygen atoms in total. The second-order valence-corrected chi connectivity index (χ2v) is 8.99. The average molecular weight is 525 g/mol. The van der Waals surface area contributed by atoms with Crippen molar-refractivity contribution < 1.29 is 37.1 Å². The highest BCUT2D eigenvalue weighted by Crippen LogP contribution is 2.52. The van der Waals surface area contributed by atoms with Gasteiger partial charge in [-0.15, -0.1) is 0 Å². The van der Waals surface area contributed by atoms with Crippen LogP contribution in [-0.2, 0) is 15.5 Å². The highest BCUT2D eigenvalue weighted by molar-refractivity contribution is 7.52. The standard InChI is InChI=1S/C22H23F3N5O5P/c1-3-35-20(36(32,33)34)13-8-10-14(11-9-13)28-21-27-12-16(22(23,24)25)18(30-21)29-17-7-5-4-6-15(17)19(31)26-2/h4-12,20H,3H2,1-2H3,(H,26,31)(H2,32,33,34)(H2,27,28,29,30). The van der Waals surface area contributed by atoms with Crippen LogP contribution in [0.15, 0.2) is 54.7 Å². The highest BCUT2D eigenvalue weighted by Gasteiger charge is 2.36. The van der Waals surface area contributed by atoms with Gasteiger partial charge in [0, 0.05) is 25.5 Å². The fraction of sp³-hybridized carbons (Fsp3) is 0.227. The van der Waals surface area contributed by atoms with Gasteiger partial charge in [0.1, 0.15) is 11.4 Å². The molecule has 1 atom stereocenters. The molecule has 2 aromatic carbocycles. The van der Waals surface area contributed by atoms with Gasteiger partial charge in [-0.05, 0) is 36.8 Å². The molecular formula is C22H23F3N5O5P. The summed E-state index contributed by atoms with van der Waals surface area (Å²) >= 11 is 0. The molecule has 0 aliphatic heterocycles. The van der Waals surface area contributed by atoms with Crippen LogP contribution >= 0.6 is 7.60 Å². The molecule has 3 aromatic rings. The van der Waals surface area contributed by atoms with Crippen LogP contribution in [0.5, 0.6) is 0 Å². The second-order valence-electron chi connectivity index (χ2n) is 7.35. The van der Waals surface area contributed by atoms with Crippen molar-refractivity contribution in [2.24, 2.45) is 0 Å². The molecule has 36 heavy (non-hydrogen) atoms. The highest BCUT2D eigenvalue weighted by atomic mass is 31.2. The number of aromatic nitrogens is 2. The number of carbonyl (C=O) groups excluding carboxylic acids is 1. The predicted octanol–water partition coefficient (Wildman–Crippen LogP) is 4.56. The molecule has 1 aromatic heterocycles. The fourth-order valence-corrected chi connectivity index (χ4v) is 4.11. The minimum atomic E-state index is -4.78. The Kier molecular flexibility index (Phi) is 8.31. The average Bonchev–Trinajstić information content (AvgIpc) is 2.82. The molecule has 0 aliphatic rings. The zero-order chi connectivity index (χ0) is 26.5. The van der Waals surface area contributed by atoms with E-state index in [1.54, 1.807) is 19.1 Å². The van der Waals surface area contributed by atoms with E-state index in [1.807, 2.05) is 0 Å². The van der Waals surface area contributed by atoms with Gasteiger partial charge in [-0.2, -0.15) is 18.2 Å². The summed E-state index contributed by atoms with van der Waals surface area (Å²) in [6, 6.07) is 11.7. The second kappa shape index (κ2) is 11.0. The maximum Gasteiger partial charge on any atom is 0.421 e. The lowest BCUT2D eigenvalue weighted by molar-refractivity contribution is -0.137. The Bertz CT molecular complexity index is 1270. The Morgan fingerprint density at radius 1 is 1.11 bits per heavy atom. The van der Waals surface area contributed by atoms with Crippen LogP contribution in [0.25, 0.3) is 0 Å². The van der Waals surface area contributed by atoms with Gasteiger partial charge in [0.25, 0.3) is 5.91 Å². The first-order chi connectivity index (χ1) is 16.9. The van der Waals surface area contributed by atoms with E-state index < -0.39 is 36.9 Å². The van der Waals surface area contributed by atoms with Crippen LogP contribution in [0.2, 0.25) is 0 Å². The summed E-state index contributed by atoms with van der Waals surface area (Å²) in [6.07, 6.45) is -4.17. The molecular weight excluding hydrogens is 502 g/mol. The van der Waals surface area contributed by atoms with E-state index in [-0.39, 0.29) is 29.4 Å². The maximum atomic E-state index is 13.6. The molecule has 1 amide bonds. The van der Waals surface area contributed by atoms with Gasteiger partial charge in [0.05, 0.1) is 11.3 Å². The summed E-state index contributed by atoms with van der Waals surface area (Å²) in [5.74, 6) is -2.72. The predicted molar refractivity (Wildman–Crippen MR) is 126 cm³/mol.